The van der Waals surface area contributed by atoms with Crippen molar-refractivity contribution < 1.29 is 0 Å². The molecule has 3 aliphatic heterocycles. The Hall–Kier alpha value is -1.62. The minimum atomic E-state index is 0.171. The number of nitrogens with zero attached hydrogens (tertiary/aromatic N) is 3. The smallest absolute Gasteiger partial charge is 0.128 e. The average Bonchev–Trinajstić information content (AvgIpc) is 2.29. The van der Waals surface area contributed by atoms with E-state index in [1.807, 2.05) is 18.6 Å². The first-order valence-electron chi connectivity index (χ1n) is 4.64. The number of fused-ring (bicyclic) bond motifs is 3. The first kappa shape index (κ1) is 7.75. The van der Waals surface area contributed by atoms with Crippen molar-refractivity contribution >= 4 is 11.9 Å². The Balaban J connectivity index is 1.99. The van der Waals surface area contributed by atoms with Crippen LogP contribution in [0.4, 0.5) is 0 Å². The predicted octanol–water partition coefficient (Wildman–Crippen LogP) is -0.384. The molecule has 0 fully saturated rings. The molecule has 14 heavy (non-hydrogen) atoms. The summed E-state index contributed by atoms with van der Waals surface area (Å²) in [7, 11) is 0. The lowest BCUT2D eigenvalue weighted by atomic mass is 10.2. The molecule has 1 unspecified atom stereocenters. The second-order valence-electron chi connectivity index (χ2n) is 3.34. The summed E-state index contributed by atoms with van der Waals surface area (Å²) in [5, 5.41) is 6.47. The molecule has 5 nitrogen and oxygen atoms in total. The normalized spacial score (nSPS) is 28.6. The van der Waals surface area contributed by atoms with Crippen LogP contribution in [0.25, 0.3) is 0 Å². The van der Waals surface area contributed by atoms with Crippen LogP contribution in [0.3, 0.4) is 0 Å². The molecule has 0 aromatic carbocycles. The summed E-state index contributed by atoms with van der Waals surface area (Å²) < 4.78 is 0. The molecule has 3 aliphatic rings. The van der Waals surface area contributed by atoms with Crippen molar-refractivity contribution in [3.63, 3.8) is 0 Å². The van der Waals surface area contributed by atoms with Gasteiger partial charge in [0.05, 0.1) is 18.6 Å². The van der Waals surface area contributed by atoms with E-state index in [1.165, 1.54) is 0 Å². The highest BCUT2D eigenvalue weighted by Gasteiger charge is 2.28. The molecular formula is C9H11N5. The van der Waals surface area contributed by atoms with Crippen molar-refractivity contribution in [3.8, 4) is 0 Å². The van der Waals surface area contributed by atoms with Crippen molar-refractivity contribution in [1.82, 2.24) is 15.5 Å². The van der Waals surface area contributed by atoms with E-state index in [2.05, 4.69) is 31.6 Å². The Bertz CT molecular complexity index is 365. The van der Waals surface area contributed by atoms with Gasteiger partial charge in [-0.2, -0.15) is 0 Å². The van der Waals surface area contributed by atoms with Crippen LogP contribution in [0.5, 0.6) is 0 Å². The SMILES string of the molecule is C1=CNC2=CN=C3C=NCNC3N2C1. The lowest BCUT2D eigenvalue weighted by Gasteiger charge is -2.39. The van der Waals surface area contributed by atoms with Crippen molar-refractivity contribution in [2.45, 2.75) is 6.17 Å². The fourth-order valence-electron chi connectivity index (χ4n) is 1.81. The predicted molar refractivity (Wildman–Crippen MR) is 54.8 cm³/mol. The van der Waals surface area contributed by atoms with Crippen LogP contribution in [0, 0.1) is 0 Å². The minimum absolute atomic E-state index is 0.171. The van der Waals surface area contributed by atoms with Gasteiger partial charge in [-0.15, -0.1) is 0 Å². The molecule has 0 bridgehead atoms. The Morgan fingerprint density at radius 3 is 3.50 bits per heavy atom. The molecule has 0 saturated heterocycles. The van der Waals surface area contributed by atoms with E-state index < -0.39 is 0 Å². The molecule has 3 rings (SSSR count). The summed E-state index contributed by atoms with van der Waals surface area (Å²) in [6.07, 6.45) is 7.89. The Labute approximate surface area is 81.9 Å². The molecule has 0 aromatic heterocycles. The third-order valence-electron chi connectivity index (χ3n) is 2.49. The topological polar surface area (TPSA) is 52.0 Å². The number of rotatable bonds is 0. The highest BCUT2D eigenvalue weighted by molar-refractivity contribution is 6.33. The number of aliphatic imine (C=N–C) groups is 2. The third-order valence-corrected chi connectivity index (χ3v) is 2.49. The third kappa shape index (κ3) is 1.06. The Kier molecular flexibility index (Phi) is 1.63. The van der Waals surface area contributed by atoms with Crippen LogP contribution >= 0.6 is 0 Å². The van der Waals surface area contributed by atoms with Gasteiger partial charge in [0.2, 0.25) is 0 Å². The van der Waals surface area contributed by atoms with Gasteiger partial charge >= 0.3 is 0 Å². The maximum atomic E-state index is 4.34. The van der Waals surface area contributed by atoms with E-state index >= 15 is 0 Å². The molecule has 0 radical (unpaired) electrons. The molecule has 0 aliphatic carbocycles. The number of hydrogen-bond acceptors (Lipinski definition) is 5. The van der Waals surface area contributed by atoms with Gasteiger partial charge in [0.1, 0.15) is 12.0 Å². The Morgan fingerprint density at radius 2 is 2.50 bits per heavy atom. The van der Waals surface area contributed by atoms with Crippen LogP contribution in [-0.4, -0.2) is 36.2 Å². The van der Waals surface area contributed by atoms with Crippen LogP contribution in [0.2, 0.25) is 0 Å². The first-order valence-corrected chi connectivity index (χ1v) is 4.64. The van der Waals surface area contributed by atoms with Crippen LogP contribution in [0.15, 0.2) is 34.3 Å². The highest BCUT2D eigenvalue weighted by Crippen LogP contribution is 2.16. The zero-order valence-corrected chi connectivity index (χ0v) is 7.64. The zero-order valence-electron chi connectivity index (χ0n) is 7.64. The van der Waals surface area contributed by atoms with Gasteiger partial charge in [-0.3, -0.25) is 15.3 Å². The molecule has 0 spiro atoms. The largest absolute Gasteiger partial charge is 0.347 e. The van der Waals surface area contributed by atoms with Gasteiger partial charge in [-0.1, -0.05) is 0 Å². The van der Waals surface area contributed by atoms with E-state index in [0.717, 1.165) is 18.1 Å². The standard InChI is InChI=1S/C9H11N5/c1-2-11-8-5-12-7-4-10-6-13-9(7)14(8)3-1/h1-2,4-5,9,11,13H,3,6H2. The van der Waals surface area contributed by atoms with E-state index in [4.69, 9.17) is 0 Å². The summed E-state index contributed by atoms with van der Waals surface area (Å²) in [6.45, 7) is 1.57. The average molecular weight is 189 g/mol. The molecule has 72 valence electrons. The second kappa shape index (κ2) is 2.95. The van der Waals surface area contributed by atoms with Gasteiger partial charge < -0.3 is 10.2 Å². The van der Waals surface area contributed by atoms with Crippen LogP contribution in [0.1, 0.15) is 0 Å². The summed E-state index contributed by atoms with van der Waals surface area (Å²) in [5.41, 5.74) is 0.983. The maximum Gasteiger partial charge on any atom is 0.128 e. The van der Waals surface area contributed by atoms with E-state index in [0.29, 0.717) is 6.67 Å². The molecule has 0 amide bonds. The number of hydrogen-bond donors (Lipinski definition) is 2. The quantitative estimate of drug-likeness (QED) is 0.546. The molecule has 3 heterocycles. The molecule has 0 saturated carbocycles. The lowest BCUT2D eigenvalue weighted by molar-refractivity contribution is 0.270. The van der Waals surface area contributed by atoms with E-state index in [9.17, 15) is 0 Å². The van der Waals surface area contributed by atoms with E-state index in [-0.39, 0.29) is 6.17 Å². The Morgan fingerprint density at radius 1 is 1.50 bits per heavy atom. The molecule has 1 atom stereocenters. The fourth-order valence-corrected chi connectivity index (χ4v) is 1.81. The second-order valence-corrected chi connectivity index (χ2v) is 3.34. The van der Waals surface area contributed by atoms with E-state index in [1.54, 1.807) is 0 Å². The molecule has 2 N–H and O–H groups in total. The summed E-state index contributed by atoms with van der Waals surface area (Å²) in [4.78, 5) is 10.7. The van der Waals surface area contributed by atoms with Crippen molar-refractivity contribution in [1.29, 1.82) is 0 Å². The van der Waals surface area contributed by atoms with Gasteiger partial charge in [-0.25, -0.2) is 0 Å². The molecule has 0 aromatic rings. The summed E-state index contributed by atoms with van der Waals surface area (Å²) >= 11 is 0. The number of nitrogens with one attached hydrogen (secondary N) is 2. The minimum Gasteiger partial charge on any atom is -0.347 e. The van der Waals surface area contributed by atoms with Gasteiger partial charge in [0.25, 0.3) is 0 Å². The van der Waals surface area contributed by atoms with Crippen molar-refractivity contribution in [2.75, 3.05) is 13.2 Å². The molecular weight excluding hydrogens is 178 g/mol. The first-order chi connectivity index (χ1) is 6.95. The fraction of sp³-hybridized carbons (Fsp3) is 0.333. The maximum absolute atomic E-state index is 4.34. The van der Waals surface area contributed by atoms with Gasteiger partial charge in [0, 0.05) is 19.0 Å². The van der Waals surface area contributed by atoms with Crippen molar-refractivity contribution in [3.05, 3.63) is 24.3 Å². The van der Waals surface area contributed by atoms with Crippen LogP contribution in [-0.2, 0) is 0 Å². The highest BCUT2D eigenvalue weighted by atomic mass is 15.4. The summed E-state index contributed by atoms with van der Waals surface area (Å²) in [6, 6.07) is 0. The zero-order chi connectivity index (χ0) is 9.38. The van der Waals surface area contributed by atoms with Gasteiger partial charge in [0.15, 0.2) is 0 Å². The molecule has 5 heteroatoms. The van der Waals surface area contributed by atoms with Gasteiger partial charge in [-0.05, 0) is 6.08 Å². The lowest BCUT2D eigenvalue weighted by Crippen LogP contribution is -2.56. The van der Waals surface area contributed by atoms with Crippen LogP contribution < -0.4 is 10.6 Å². The monoisotopic (exact) mass is 189 g/mol. The summed E-state index contributed by atoms with van der Waals surface area (Å²) in [5.74, 6) is 1.05. The van der Waals surface area contributed by atoms with Crippen molar-refractivity contribution in [2.24, 2.45) is 9.98 Å².